The van der Waals surface area contributed by atoms with Crippen LogP contribution in [-0.2, 0) is 17.8 Å². The molecular formula is C20H24N2O3. The Morgan fingerprint density at radius 2 is 2.20 bits per heavy atom. The van der Waals surface area contributed by atoms with Crippen molar-refractivity contribution in [2.75, 3.05) is 20.2 Å². The molecule has 25 heavy (non-hydrogen) atoms. The number of carboxylic acids is 1. The number of methoxy groups -OCH3 is 1. The van der Waals surface area contributed by atoms with E-state index in [1.807, 2.05) is 42.5 Å². The average Bonchev–Trinajstić information content (AvgIpc) is 2.63. The first kappa shape index (κ1) is 17.4. The standard InChI is InChI=1S/C20H24N2O3/c1-25-18-8-4-6-16(12-18)13-20(19(23)24)9-5-11-22(15-20)14-17-7-2-3-10-21-17/h2-4,6-8,10,12H,5,9,11,13-15H2,1H3,(H,23,24)/t20-/m1/s1. The van der Waals surface area contributed by atoms with Crippen LogP contribution < -0.4 is 4.74 Å². The normalized spacial score (nSPS) is 21.0. The van der Waals surface area contributed by atoms with Gasteiger partial charge in [-0.1, -0.05) is 18.2 Å². The lowest BCUT2D eigenvalue weighted by Gasteiger charge is -2.40. The third-order valence-corrected chi connectivity index (χ3v) is 4.90. The first-order chi connectivity index (χ1) is 12.1. The largest absolute Gasteiger partial charge is 0.497 e. The van der Waals surface area contributed by atoms with Gasteiger partial charge >= 0.3 is 5.97 Å². The minimum Gasteiger partial charge on any atom is -0.497 e. The third kappa shape index (κ3) is 4.17. The molecular weight excluding hydrogens is 316 g/mol. The second-order valence-corrected chi connectivity index (χ2v) is 6.75. The number of aliphatic carboxylic acids is 1. The van der Waals surface area contributed by atoms with E-state index in [-0.39, 0.29) is 0 Å². The maximum atomic E-state index is 12.2. The number of pyridine rings is 1. The van der Waals surface area contributed by atoms with E-state index in [2.05, 4.69) is 9.88 Å². The second-order valence-electron chi connectivity index (χ2n) is 6.75. The number of ether oxygens (including phenoxy) is 1. The molecule has 1 atom stereocenters. The van der Waals surface area contributed by atoms with Gasteiger partial charge in [-0.3, -0.25) is 14.7 Å². The van der Waals surface area contributed by atoms with Crippen LogP contribution in [0.4, 0.5) is 0 Å². The number of benzene rings is 1. The summed E-state index contributed by atoms with van der Waals surface area (Å²) in [5.74, 6) is 0.0419. The molecule has 1 aromatic carbocycles. The summed E-state index contributed by atoms with van der Waals surface area (Å²) >= 11 is 0. The van der Waals surface area contributed by atoms with E-state index in [1.54, 1.807) is 13.3 Å². The highest BCUT2D eigenvalue weighted by molar-refractivity contribution is 5.75. The molecule has 2 aromatic rings. The van der Waals surface area contributed by atoms with Crippen LogP contribution in [0.3, 0.4) is 0 Å². The number of piperidine rings is 1. The van der Waals surface area contributed by atoms with E-state index in [0.29, 0.717) is 25.9 Å². The second kappa shape index (κ2) is 7.66. The van der Waals surface area contributed by atoms with E-state index in [0.717, 1.165) is 30.0 Å². The molecule has 3 rings (SSSR count). The smallest absolute Gasteiger partial charge is 0.311 e. The van der Waals surface area contributed by atoms with E-state index >= 15 is 0 Å². The Bertz CT molecular complexity index is 720. The van der Waals surface area contributed by atoms with Gasteiger partial charge in [-0.25, -0.2) is 0 Å². The van der Waals surface area contributed by atoms with Crippen molar-refractivity contribution >= 4 is 5.97 Å². The number of nitrogens with zero attached hydrogens (tertiary/aromatic N) is 2. The van der Waals surface area contributed by atoms with Crippen LogP contribution in [0.25, 0.3) is 0 Å². The highest BCUT2D eigenvalue weighted by atomic mass is 16.5. The van der Waals surface area contributed by atoms with Crippen molar-refractivity contribution in [3.63, 3.8) is 0 Å². The lowest BCUT2D eigenvalue weighted by molar-refractivity contribution is -0.152. The van der Waals surface area contributed by atoms with Crippen LogP contribution in [0.15, 0.2) is 48.7 Å². The number of likely N-dealkylation sites (tertiary alicyclic amines) is 1. The SMILES string of the molecule is COc1cccc(C[C@]2(C(=O)O)CCCN(Cc3ccccn3)C2)c1. The molecule has 132 valence electrons. The van der Waals surface area contributed by atoms with Crippen molar-refractivity contribution in [1.82, 2.24) is 9.88 Å². The van der Waals surface area contributed by atoms with Crippen molar-refractivity contribution in [1.29, 1.82) is 0 Å². The van der Waals surface area contributed by atoms with Crippen LogP contribution in [0.1, 0.15) is 24.1 Å². The maximum Gasteiger partial charge on any atom is 0.311 e. The number of aromatic nitrogens is 1. The molecule has 1 aromatic heterocycles. The lowest BCUT2D eigenvalue weighted by atomic mass is 9.75. The van der Waals surface area contributed by atoms with E-state index in [9.17, 15) is 9.90 Å². The topological polar surface area (TPSA) is 62.7 Å². The van der Waals surface area contributed by atoms with Crippen molar-refractivity contribution in [2.45, 2.75) is 25.8 Å². The van der Waals surface area contributed by atoms with Crippen molar-refractivity contribution in [2.24, 2.45) is 5.41 Å². The molecule has 1 aliphatic rings. The summed E-state index contributed by atoms with van der Waals surface area (Å²) in [7, 11) is 1.63. The minimum absolute atomic E-state index is 0.512. The molecule has 2 heterocycles. The molecule has 0 amide bonds. The summed E-state index contributed by atoms with van der Waals surface area (Å²) in [4.78, 5) is 18.7. The molecule has 5 heteroatoms. The Kier molecular flexibility index (Phi) is 5.34. The van der Waals surface area contributed by atoms with Crippen LogP contribution in [0, 0.1) is 5.41 Å². The Morgan fingerprint density at radius 3 is 2.92 bits per heavy atom. The molecule has 1 N–H and O–H groups in total. The van der Waals surface area contributed by atoms with Gasteiger partial charge in [0.05, 0.1) is 18.2 Å². The van der Waals surface area contributed by atoms with E-state index in [1.165, 1.54) is 0 Å². The number of carbonyl (C=O) groups is 1. The van der Waals surface area contributed by atoms with Gasteiger partial charge in [0.25, 0.3) is 0 Å². The lowest BCUT2D eigenvalue weighted by Crippen LogP contribution is -2.48. The molecule has 1 fully saturated rings. The fraction of sp³-hybridized carbons (Fsp3) is 0.400. The first-order valence-corrected chi connectivity index (χ1v) is 8.60. The Hall–Kier alpha value is -2.40. The molecule has 1 aliphatic heterocycles. The molecule has 0 spiro atoms. The zero-order valence-corrected chi connectivity index (χ0v) is 14.5. The number of carboxylic acid groups (broad SMARTS) is 1. The molecule has 0 radical (unpaired) electrons. The molecule has 0 bridgehead atoms. The van der Waals surface area contributed by atoms with Crippen molar-refractivity contribution in [3.05, 3.63) is 59.9 Å². The van der Waals surface area contributed by atoms with Crippen LogP contribution in [0.5, 0.6) is 5.75 Å². The Balaban J connectivity index is 1.77. The number of hydrogen-bond donors (Lipinski definition) is 1. The van der Waals surface area contributed by atoms with Gasteiger partial charge in [-0.2, -0.15) is 0 Å². The molecule has 0 aliphatic carbocycles. The quantitative estimate of drug-likeness (QED) is 0.876. The Morgan fingerprint density at radius 1 is 1.32 bits per heavy atom. The summed E-state index contributed by atoms with van der Waals surface area (Å²) in [6, 6.07) is 13.5. The number of hydrogen-bond acceptors (Lipinski definition) is 4. The predicted molar refractivity (Wildman–Crippen MR) is 95.5 cm³/mol. The van der Waals surface area contributed by atoms with Gasteiger partial charge in [-0.05, 0) is 55.6 Å². The van der Waals surface area contributed by atoms with Crippen molar-refractivity contribution < 1.29 is 14.6 Å². The van der Waals surface area contributed by atoms with E-state index in [4.69, 9.17) is 4.74 Å². The minimum atomic E-state index is -0.764. The van der Waals surface area contributed by atoms with Gasteiger partial charge in [0.1, 0.15) is 5.75 Å². The summed E-state index contributed by atoms with van der Waals surface area (Å²) < 4.78 is 5.27. The molecule has 0 unspecified atom stereocenters. The van der Waals surface area contributed by atoms with E-state index < -0.39 is 11.4 Å². The molecule has 0 saturated carbocycles. The summed E-state index contributed by atoms with van der Waals surface area (Å²) in [6.45, 7) is 2.13. The van der Waals surface area contributed by atoms with Crippen LogP contribution in [0.2, 0.25) is 0 Å². The van der Waals surface area contributed by atoms with Gasteiger partial charge < -0.3 is 9.84 Å². The fourth-order valence-electron chi connectivity index (χ4n) is 3.65. The fourth-order valence-corrected chi connectivity index (χ4v) is 3.65. The van der Waals surface area contributed by atoms with Gasteiger partial charge in [0.2, 0.25) is 0 Å². The molecule has 5 nitrogen and oxygen atoms in total. The average molecular weight is 340 g/mol. The first-order valence-electron chi connectivity index (χ1n) is 8.60. The number of rotatable bonds is 6. The van der Waals surface area contributed by atoms with Crippen LogP contribution in [-0.4, -0.2) is 41.2 Å². The highest BCUT2D eigenvalue weighted by Gasteiger charge is 2.42. The summed E-state index contributed by atoms with van der Waals surface area (Å²) in [6.07, 6.45) is 3.86. The summed E-state index contributed by atoms with van der Waals surface area (Å²) in [5, 5.41) is 9.99. The molecule has 1 saturated heterocycles. The predicted octanol–water partition coefficient (Wildman–Crippen LogP) is 3.00. The zero-order chi connectivity index (χ0) is 17.7. The van der Waals surface area contributed by atoms with Gasteiger partial charge in [0.15, 0.2) is 0 Å². The van der Waals surface area contributed by atoms with Crippen LogP contribution >= 0.6 is 0 Å². The Labute approximate surface area is 148 Å². The van der Waals surface area contributed by atoms with Crippen molar-refractivity contribution in [3.8, 4) is 5.75 Å². The summed E-state index contributed by atoms with van der Waals surface area (Å²) in [5.41, 5.74) is 1.21. The maximum absolute atomic E-state index is 12.2. The third-order valence-electron chi connectivity index (χ3n) is 4.90. The van der Waals surface area contributed by atoms with Gasteiger partial charge in [-0.15, -0.1) is 0 Å². The van der Waals surface area contributed by atoms with Gasteiger partial charge in [0, 0.05) is 19.3 Å². The highest BCUT2D eigenvalue weighted by Crippen LogP contribution is 2.35. The zero-order valence-electron chi connectivity index (χ0n) is 14.5. The monoisotopic (exact) mass is 340 g/mol.